The summed E-state index contributed by atoms with van der Waals surface area (Å²) in [5, 5.41) is 0. The lowest BCUT2D eigenvalue weighted by atomic mass is 10.5. The molecule has 0 fully saturated rings. The largest absolute Gasteiger partial charge is 0.645 e. The lowest BCUT2D eigenvalue weighted by molar-refractivity contribution is -0.137. The van der Waals surface area contributed by atoms with Crippen LogP contribution in [0.15, 0.2) is 12.2 Å². The van der Waals surface area contributed by atoms with Gasteiger partial charge in [-0.2, -0.15) is 0 Å². The zero-order valence-electron chi connectivity index (χ0n) is 40.2. The smallest absolute Gasteiger partial charge is 0.463 e. The van der Waals surface area contributed by atoms with Gasteiger partial charge in [-0.25, -0.2) is 4.79 Å². The van der Waals surface area contributed by atoms with Crippen molar-refractivity contribution in [2.45, 2.75) is 177 Å². The molecule has 0 unspecified atom stereocenters. The quantitative estimate of drug-likeness (QED) is 0.0336. The van der Waals surface area contributed by atoms with E-state index in [9.17, 15) is 4.79 Å². The van der Waals surface area contributed by atoms with Crippen LogP contribution >= 0.6 is 0 Å². The third kappa shape index (κ3) is 28.8. The van der Waals surface area contributed by atoms with Crippen LogP contribution < -0.4 is 0 Å². The van der Waals surface area contributed by atoms with E-state index in [2.05, 4.69) is 157 Å². The first kappa shape index (κ1) is 57.4. The van der Waals surface area contributed by atoms with Crippen molar-refractivity contribution < 1.29 is 54.8 Å². The van der Waals surface area contributed by atoms with Gasteiger partial charge in [-0.3, -0.25) is 0 Å². The summed E-state index contributed by atoms with van der Waals surface area (Å²) in [6.07, 6.45) is 3.49. The zero-order valence-corrected chi connectivity index (χ0v) is 52.3. The molecule has 0 rings (SSSR count). The van der Waals surface area contributed by atoms with Crippen molar-refractivity contribution in [3.05, 3.63) is 12.2 Å². The standard InChI is InChI=1S/C31H84O13Si12/c1-26-28-31(32)33-29-27-30-54(37-48(8,9)10,38-49(11,12)13)43-56(41-52(20,21)22,42-53(23,24)25)44-55(39-50(14,15)16,40-51(17,18)19)36-45(34-46(2,3)4)35-47(5,6)7/h26,28,45H,27,29-30H2,1-25H3. The summed E-state index contributed by atoms with van der Waals surface area (Å²) in [5.41, 5.74) is 0. The Bertz CT molecular complexity index is 1170. The van der Waals surface area contributed by atoms with Crippen LogP contribution in [0.3, 0.4) is 0 Å². The van der Waals surface area contributed by atoms with Crippen molar-refractivity contribution in [2.75, 3.05) is 6.61 Å². The lowest BCUT2D eigenvalue weighted by Gasteiger charge is -2.49. The molecule has 0 atom stereocenters. The third-order valence-corrected chi connectivity index (χ3v) is 41.0. The van der Waals surface area contributed by atoms with E-state index in [0.717, 1.165) is 0 Å². The monoisotopic (exact) mass is 1000 g/mol. The van der Waals surface area contributed by atoms with Crippen LogP contribution in [0.2, 0.25) is 163 Å². The number of carbonyl (C=O) groups excluding carboxylic acids is 1. The van der Waals surface area contributed by atoms with Crippen molar-refractivity contribution in [3.8, 4) is 0 Å². The molecule has 0 saturated carbocycles. The van der Waals surface area contributed by atoms with Gasteiger partial charge in [0.05, 0.1) is 6.61 Å². The number of allylic oxidation sites excluding steroid dienone is 1. The van der Waals surface area contributed by atoms with Crippen LogP contribution in [0.25, 0.3) is 0 Å². The Labute approximate surface area is 356 Å². The minimum atomic E-state index is -4.49. The van der Waals surface area contributed by atoms with E-state index < -0.39 is 109 Å². The van der Waals surface area contributed by atoms with Crippen LogP contribution in [0.5, 0.6) is 0 Å². The van der Waals surface area contributed by atoms with Crippen molar-refractivity contribution in [2.24, 2.45) is 0 Å². The highest BCUT2D eigenvalue weighted by molar-refractivity contribution is 6.95. The van der Waals surface area contributed by atoms with Crippen molar-refractivity contribution in [1.29, 1.82) is 0 Å². The Morgan fingerprint density at radius 1 is 0.429 bits per heavy atom. The van der Waals surface area contributed by atoms with E-state index in [4.69, 9.17) is 50.0 Å². The molecule has 0 aliphatic carbocycles. The SMILES string of the molecule is CC=CC(=O)OCCC[Si](O[Si](C)(C)C)(O[Si](C)(C)C)O[Si](O[Si](C)(C)C)(O[Si](C)(C)C)O[Si](O[SiH](O[Si](C)(C)C)O[Si](C)(C)C)(O[Si](C)(C)C)O[Si](C)(C)C. The summed E-state index contributed by atoms with van der Waals surface area (Å²) in [7, 11) is -35.3. The van der Waals surface area contributed by atoms with Gasteiger partial charge in [-0.05, 0) is 170 Å². The highest BCUT2D eigenvalue weighted by Gasteiger charge is 2.68. The van der Waals surface area contributed by atoms with E-state index in [0.29, 0.717) is 12.5 Å². The molecule has 0 aromatic rings. The molecule has 0 bridgehead atoms. The van der Waals surface area contributed by atoms with Gasteiger partial charge in [-0.1, -0.05) is 6.08 Å². The minimum Gasteiger partial charge on any atom is -0.463 e. The van der Waals surface area contributed by atoms with Crippen LogP contribution in [0.1, 0.15) is 13.3 Å². The van der Waals surface area contributed by atoms with E-state index in [-0.39, 0.29) is 6.61 Å². The van der Waals surface area contributed by atoms with Crippen molar-refractivity contribution in [3.63, 3.8) is 0 Å². The van der Waals surface area contributed by atoms with E-state index in [1.165, 1.54) is 6.08 Å². The van der Waals surface area contributed by atoms with Gasteiger partial charge in [0.2, 0.25) is 0 Å². The normalized spacial score (nSPS) is 15.3. The Balaban J connectivity index is 8.43. The summed E-state index contributed by atoms with van der Waals surface area (Å²) in [4.78, 5) is 12.3. The van der Waals surface area contributed by atoms with Crippen LogP contribution in [-0.2, 0) is 54.8 Å². The highest BCUT2D eigenvalue weighted by Crippen LogP contribution is 2.38. The number of hydrogen-bond donors (Lipinski definition) is 0. The molecule has 0 aromatic heterocycles. The summed E-state index contributed by atoms with van der Waals surface area (Å²) < 4.78 is 84.7. The summed E-state index contributed by atoms with van der Waals surface area (Å²) >= 11 is 0. The zero-order chi connectivity index (χ0) is 44.7. The summed E-state index contributed by atoms with van der Waals surface area (Å²) in [6, 6.07) is 0.334. The molecule has 334 valence electrons. The van der Waals surface area contributed by atoms with Gasteiger partial charge < -0.3 is 50.0 Å². The third-order valence-electron chi connectivity index (χ3n) is 5.49. The molecule has 0 saturated heterocycles. The molecule has 0 N–H and O–H groups in total. The molecule has 56 heavy (non-hydrogen) atoms. The number of ether oxygens (including phenoxy) is 1. The average Bonchev–Trinajstić information content (AvgIpc) is 2.77. The van der Waals surface area contributed by atoms with Gasteiger partial charge in [-0.15, -0.1) is 0 Å². The molecule has 0 amide bonds. The van der Waals surface area contributed by atoms with Gasteiger partial charge in [0.15, 0.2) is 66.5 Å². The predicted octanol–water partition coefficient (Wildman–Crippen LogP) is 9.88. The first-order valence-electron chi connectivity index (χ1n) is 19.8. The lowest BCUT2D eigenvalue weighted by Crippen LogP contribution is -2.74. The van der Waals surface area contributed by atoms with Crippen molar-refractivity contribution >= 4 is 109 Å². The van der Waals surface area contributed by atoms with Gasteiger partial charge in [0.1, 0.15) is 0 Å². The minimum absolute atomic E-state index is 0.152. The molecule has 25 heteroatoms. The Hall–Kier alpha value is 1.37. The molecule has 0 aromatic carbocycles. The fourth-order valence-corrected chi connectivity index (χ4v) is 44.5. The average molecular weight is 1000 g/mol. The first-order chi connectivity index (χ1) is 24.4. The van der Waals surface area contributed by atoms with Gasteiger partial charge >= 0.3 is 42.4 Å². The second kappa shape index (κ2) is 21.2. The predicted molar refractivity (Wildman–Crippen MR) is 258 cm³/mol. The molecule has 0 aliphatic rings. The van der Waals surface area contributed by atoms with Gasteiger partial charge in [0, 0.05) is 12.1 Å². The molecule has 0 spiro atoms. The van der Waals surface area contributed by atoms with Crippen molar-refractivity contribution in [1.82, 2.24) is 0 Å². The van der Waals surface area contributed by atoms with Crippen LogP contribution in [0.4, 0.5) is 0 Å². The second-order valence-electron chi connectivity index (χ2n) is 21.8. The van der Waals surface area contributed by atoms with Crippen LogP contribution in [0, 0.1) is 0 Å². The van der Waals surface area contributed by atoms with Gasteiger partial charge in [0.25, 0.3) is 0 Å². The fraction of sp³-hybridized carbons (Fsp3) is 0.903. The number of rotatable bonds is 27. The molecule has 13 nitrogen and oxygen atoms in total. The van der Waals surface area contributed by atoms with Crippen LogP contribution in [-0.4, -0.2) is 116 Å². The maximum atomic E-state index is 12.3. The summed E-state index contributed by atoms with van der Waals surface area (Å²) in [6.45, 7) is 52.4. The van der Waals surface area contributed by atoms with E-state index in [1.807, 2.05) is 0 Å². The Morgan fingerprint density at radius 3 is 1.07 bits per heavy atom. The highest BCUT2D eigenvalue weighted by atomic mass is 28.6. The molecular formula is C31H84O13Si12. The number of esters is 1. The maximum Gasteiger partial charge on any atom is 0.645 e. The molecule has 0 heterocycles. The number of hydrogen-bond acceptors (Lipinski definition) is 13. The fourth-order valence-electron chi connectivity index (χ4n) is 4.66. The number of carbonyl (C=O) groups is 1. The molecule has 0 radical (unpaired) electrons. The van der Waals surface area contributed by atoms with E-state index >= 15 is 0 Å². The molecular weight excluding hydrogens is 917 g/mol. The molecule has 0 aliphatic heterocycles. The maximum absolute atomic E-state index is 12.3. The second-order valence-corrected chi connectivity index (χ2v) is 69.4. The first-order valence-corrected chi connectivity index (χ1v) is 53.7. The Morgan fingerprint density at radius 2 is 0.768 bits per heavy atom. The Kier molecular flexibility index (Phi) is 21.7. The topological polar surface area (TPSA) is 128 Å². The van der Waals surface area contributed by atoms with E-state index in [1.54, 1.807) is 13.0 Å². The summed E-state index contributed by atoms with van der Waals surface area (Å²) in [5.74, 6) is -0.408.